The Kier molecular flexibility index (Phi) is 6.21. The lowest BCUT2D eigenvalue weighted by Gasteiger charge is -2.06. The second-order valence-corrected chi connectivity index (χ2v) is 9.02. The highest BCUT2D eigenvalue weighted by Crippen LogP contribution is 2.33. The summed E-state index contributed by atoms with van der Waals surface area (Å²) in [6.07, 6.45) is 3.58. The molecule has 0 aliphatic heterocycles. The highest BCUT2D eigenvalue weighted by atomic mass is 32.2. The van der Waals surface area contributed by atoms with Crippen LogP contribution < -0.4 is 0 Å². The number of aromatic amines is 1. The van der Waals surface area contributed by atoms with Gasteiger partial charge in [0.2, 0.25) is 4.77 Å². The molecule has 0 aliphatic rings. The summed E-state index contributed by atoms with van der Waals surface area (Å²) in [7, 11) is 1.78. The van der Waals surface area contributed by atoms with Gasteiger partial charge in [-0.25, -0.2) is 0 Å². The Bertz CT molecular complexity index is 1630. The van der Waals surface area contributed by atoms with Gasteiger partial charge in [-0.3, -0.25) is 15.2 Å². The maximum absolute atomic E-state index is 11.7. The summed E-state index contributed by atoms with van der Waals surface area (Å²) in [6.45, 7) is 0. The number of aromatic nitrogens is 6. The van der Waals surface area contributed by atoms with E-state index in [-0.39, 0.29) is 5.69 Å². The molecule has 0 amide bonds. The van der Waals surface area contributed by atoms with Crippen LogP contribution in [-0.2, 0) is 13.5 Å². The van der Waals surface area contributed by atoms with E-state index in [4.69, 9.17) is 12.2 Å². The molecule has 0 aliphatic carbocycles. The first kappa shape index (κ1) is 22.6. The van der Waals surface area contributed by atoms with Gasteiger partial charge in [-0.2, -0.15) is 14.9 Å². The summed E-state index contributed by atoms with van der Waals surface area (Å²) in [5, 5.41) is 33.9. The van der Waals surface area contributed by atoms with Crippen LogP contribution in [0.5, 0.6) is 0 Å². The van der Waals surface area contributed by atoms with Gasteiger partial charge in [0.25, 0.3) is 5.69 Å². The van der Waals surface area contributed by atoms with Crippen molar-refractivity contribution in [3.05, 3.63) is 98.8 Å². The van der Waals surface area contributed by atoms with E-state index in [1.807, 2.05) is 24.3 Å². The molecule has 10 nitrogen and oxygen atoms in total. The lowest BCUT2D eigenvalue weighted by Crippen LogP contribution is -2.01. The van der Waals surface area contributed by atoms with Gasteiger partial charge in [0.1, 0.15) is 6.33 Å². The fourth-order valence-corrected chi connectivity index (χ4v) is 4.65. The fraction of sp³-hybridized carbons (Fsp3) is 0.0870. The quantitative estimate of drug-likeness (QED) is 0.147. The molecule has 3 aromatic carbocycles. The number of aryl methyl sites for hydroxylation is 1. The number of hydrogen-bond acceptors (Lipinski definition) is 8. The van der Waals surface area contributed by atoms with Gasteiger partial charge < -0.3 is 4.57 Å². The molecule has 0 saturated carbocycles. The number of fused-ring (bicyclic) bond motifs is 1. The van der Waals surface area contributed by atoms with Crippen LogP contribution in [-0.4, -0.2) is 40.8 Å². The third kappa shape index (κ3) is 4.74. The van der Waals surface area contributed by atoms with Crippen molar-refractivity contribution in [3.8, 4) is 0 Å². The first-order chi connectivity index (χ1) is 17.0. The molecule has 0 saturated heterocycles. The van der Waals surface area contributed by atoms with Gasteiger partial charge in [-0.1, -0.05) is 48.5 Å². The van der Waals surface area contributed by atoms with E-state index < -0.39 is 4.92 Å². The average molecular weight is 503 g/mol. The van der Waals surface area contributed by atoms with Crippen LogP contribution in [0.1, 0.15) is 17.0 Å². The number of rotatable bonds is 7. The third-order valence-corrected chi connectivity index (χ3v) is 6.70. The Morgan fingerprint density at radius 3 is 2.83 bits per heavy atom. The standard InChI is InChI=1S/C23H18N8O2S2/c1-29-14-24-28-23(29)35-20-10-9-15(11-19(20)31(32)33)13-25-30-21(26-27-22(30)34)12-17-7-4-6-16-5-2-3-8-18(16)17/h2-11,13-14H,12H2,1H3,(H,27,34). The van der Waals surface area contributed by atoms with E-state index in [2.05, 4.69) is 43.7 Å². The molecule has 0 radical (unpaired) electrons. The number of benzene rings is 3. The van der Waals surface area contributed by atoms with Gasteiger partial charge in [0.15, 0.2) is 11.0 Å². The highest BCUT2D eigenvalue weighted by Gasteiger charge is 2.17. The maximum Gasteiger partial charge on any atom is 0.283 e. The van der Waals surface area contributed by atoms with E-state index >= 15 is 0 Å². The molecule has 0 atom stereocenters. The summed E-state index contributed by atoms with van der Waals surface area (Å²) in [5.74, 6) is 0.631. The zero-order chi connectivity index (χ0) is 24.4. The molecule has 0 spiro atoms. The van der Waals surface area contributed by atoms with Crippen LogP contribution in [0.25, 0.3) is 10.8 Å². The van der Waals surface area contributed by atoms with Gasteiger partial charge in [0, 0.05) is 25.1 Å². The zero-order valence-corrected chi connectivity index (χ0v) is 20.0. The van der Waals surface area contributed by atoms with Crippen molar-refractivity contribution >= 4 is 46.7 Å². The van der Waals surface area contributed by atoms with Crippen LogP contribution in [0, 0.1) is 14.9 Å². The predicted octanol–water partition coefficient (Wildman–Crippen LogP) is 4.75. The molecule has 174 valence electrons. The number of hydrogen-bond donors (Lipinski definition) is 1. The van der Waals surface area contributed by atoms with Crippen molar-refractivity contribution in [1.82, 2.24) is 29.6 Å². The Morgan fingerprint density at radius 2 is 2.03 bits per heavy atom. The van der Waals surface area contributed by atoms with E-state index in [1.165, 1.54) is 28.7 Å². The second kappa shape index (κ2) is 9.60. The number of nitro benzene ring substituents is 1. The van der Waals surface area contributed by atoms with Gasteiger partial charge in [0.05, 0.1) is 16.0 Å². The zero-order valence-electron chi connectivity index (χ0n) is 18.4. The predicted molar refractivity (Wildman–Crippen MR) is 135 cm³/mol. The minimum atomic E-state index is -0.425. The molecule has 0 fully saturated rings. The smallest absolute Gasteiger partial charge is 0.283 e. The van der Waals surface area contributed by atoms with Crippen molar-refractivity contribution in [2.75, 3.05) is 0 Å². The van der Waals surface area contributed by atoms with Crippen LogP contribution in [0.4, 0.5) is 5.69 Å². The average Bonchev–Trinajstić information content (AvgIpc) is 3.43. The van der Waals surface area contributed by atoms with Crippen molar-refractivity contribution < 1.29 is 4.92 Å². The van der Waals surface area contributed by atoms with Crippen molar-refractivity contribution in [3.63, 3.8) is 0 Å². The summed E-state index contributed by atoms with van der Waals surface area (Å²) in [5.41, 5.74) is 1.60. The Hall–Kier alpha value is -4.16. The van der Waals surface area contributed by atoms with Crippen molar-refractivity contribution in [2.45, 2.75) is 16.5 Å². The number of nitrogens with one attached hydrogen (secondary N) is 1. The Morgan fingerprint density at radius 1 is 1.20 bits per heavy atom. The normalized spacial score (nSPS) is 11.5. The summed E-state index contributed by atoms with van der Waals surface area (Å²) in [6, 6.07) is 19.1. The molecule has 1 N–H and O–H groups in total. The summed E-state index contributed by atoms with van der Waals surface area (Å²) < 4.78 is 3.56. The molecule has 35 heavy (non-hydrogen) atoms. The fourth-order valence-electron chi connectivity index (χ4n) is 3.61. The monoisotopic (exact) mass is 502 g/mol. The first-order valence-electron chi connectivity index (χ1n) is 10.5. The second-order valence-electron chi connectivity index (χ2n) is 7.63. The molecule has 2 heterocycles. The van der Waals surface area contributed by atoms with Gasteiger partial charge >= 0.3 is 0 Å². The first-order valence-corrected chi connectivity index (χ1v) is 11.7. The molecule has 0 bridgehead atoms. The number of H-pyrrole nitrogens is 1. The van der Waals surface area contributed by atoms with E-state index in [0.29, 0.717) is 32.6 Å². The van der Waals surface area contributed by atoms with Crippen LogP contribution in [0.3, 0.4) is 0 Å². The van der Waals surface area contributed by atoms with Crippen LogP contribution in [0.2, 0.25) is 0 Å². The molecular formula is C23H18N8O2S2. The number of nitrogens with zero attached hydrogens (tertiary/aromatic N) is 7. The SMILES string of the molecule is Cn1cnnc1Sc1ccc(C=Nn2c(Cc3cccc4ccccc34)n[nH]c2=S)cc1[N+](=O)[O-]. The summed E-state index contributed by atoms with van der Waals surface area (Å²) in [4.78, 5) is 11.7. The molecule has 5 rings (SSSR count). The van der Waals surface area contributed by atoms with Gasteiger partial charge in [-0.15, -0.1) is 10.2 Å². The van der Waals surface area contributed by atoms with E-state index in [9.17, 15) is 10.1 Å². The number of nitro groups is 1. The molecule has 5 aromatic rings. The minimum Gasteiger partial charge on any atom is -0.311 e. The Balaban J connectivity index is 1.44. The van der Waals surface area contributed by atoms with Crippen molar-refractivity contribution in [1.29, 1.82) is 0 Å². The largest absolute Gasteiger partial charge is 0.311 e. The lowest BCUT2D eigenvalue weighted by atomic mass is 10.0. The topological polar surface area (TPSA) is 120 Å². The van der Waals surface area contributed by atoms with E-state index in [0.717, 1.165) is 16.3 Å². The molecule has 2 aromatic heterocycles. The third-order valence-electron chi connectivity index (χ3n) is 5.32. The lowest BCUT2D eigenvalue weighted by molar-refractivity contribution is -0.387. The van der Waals surface area contributed by atoms with Crippen LogP contribution >= 0.6 is 24.0 Å². The highest BCUT2D eigenvalue weighted by molar-refractivity contribution is 7.99. The van der Waals surface area contributed by atoms with Crippen LogP contribution in [0.15, 0.2) is 82.1 Å². The molecule has 0 unspecified atom stereocenters. The van der Waals surface area contributed by atoms with Crippen molar-refractivity contribution in [2.24, 2.45) is 12.1 Å². The summed E-state index contributed by atoms with van der Waals surface area (Å²) >= 11 is 6.54. The van der Waals surface area contributed by atoms with Gasteiger partial charge in [-0.05, 0) is 46.4 Å². The molecular weight excluding hydrogens is 484 g/mol. The van der Waals surface area contributed by atoms with E-state index in [1.54, 1.807) is 30.1 Å². The Labute approximate surface area is 208 Å². The minimum absolute atomic E-state index is 0.0475. The maximum atomic E-state index is 11.7. The molecule has 12 heteroatoms.